The molecule has 0 radical (unpaired) electrons. The average molecular weight is 312 g/mol. The minimum atomic E-state index is -0.288. The zero-order valence-electron chi connectivity index (χ0n) is 10.1. The zero-order chi connectivity index (χ0) is 13.1. The Morgan fingerprint density at radius 3 is 2.94 bits per heavy atom. The minimum absolute atomic E-state index is 0.123. The van der Waals surface area contributed by atoms with E-state index in [-0.39, 0.29) is 11.9 Å². The molecule has 5 heteroatoms. The van der Waals surface area contributed by atoms with Crippen LogP contribution in [0.15, 0.2) is 28.9 Å². The lowest BCUT2D eigenvalue weighted by Crippen LogP contribution is -2.11. The molecule has 2 rings (SSSR count). The Morgan fingerprint density at radius 1 is 1.50 bits per heavy atom. The van der Waals surface area contributed by atoms with E-state index in [0.29, 0.717) is 21.6 Å². The van der Waals surface area contributed by atoms with Gasteiger partial charge >= 0.3 is 0 Å². The second-order valence-electron chi connectivity index (χ2n) is 4.20. The fourth-order valence-electron chi connectivity index (χ4n) is 1.82. The number of rotatable bonds is 4. The van der Waals surface area contributed by atoms with Crippen molar-refractivity contribution in [2.24, 2.45) is 5.73 Å². The molecule has 3 nitrogen and oxygen atoms in total. The van der Waals surface area contributed by atoms with Gasteiger partial charge in [0.2, 0.25) is 0 Å². The molecule has 1 aromatic heterocycles. The molecule has 0 fully saturated rings. The van der Waals surface area contributed by atoms with Crippen LogP contribution in [-0.2, 0) is 0 Å². The number of hydrogen-bond donors (Lipinski definition) is 2. The summed E-state index contributed by atoms with van der Waals surface area (Å²) in [6.45, 7) is 2.07. The number of benzene rings is 1. The first-order valence-electron chi connectivity index (χ1n) is 5.87. The summed E-state index contributed by atoms with van der Waals surface area (Å²) < 4.78 is 14.5. The van der Waals surface area contributed by atoms with Crippen molar-refractivity contribution >= 4 is 15.9 Å². The number of nitrogens with zero attached hydrogens (tertiary/aromatic N) is 1. The topological polar surface area (TPSA) is 54.7 Å². The second-order valence-corrected chi connectivity index (χ2v) is 5.12. The first-order valence-corrected chi connectivity index (χ1v) is 6.67. The van der Waals surface area contributed by atoms with Crippen molar-refractivity contribution in [2.75, 3.05) is 0 Å². The third-order valence-electron chi connectivity index (χ3n) is 2.77. The van der Waals surface area contributed by atoms with E-state index < -0.39 is 0 Å². The lowest BCUT2D eigenvalue weighted by atomic mass is 10.1. The predicted molar refractivity (Wildman–Crippen MR) is 73.5 cm³/mol. The van der Waals surface area contributed by atoms with Gasteiger partial charge in [-0.1, -0.05) is 29.3 Å². The summed E-state index contributed by atoms with van der Waals surface area (Å²) in [7, 11) is 0. The lowest BCUT2D eigenvalue weighted by molar-refractivity contribution is 0.608. The van der Waals surface area contributed by atoms with Gasteiger partial charge in [-0.05, 0) is 24.6 Å². The molecule has 1 aromatic carbocycles. The van der Waals surface area contributed by atoms with Gasteiger partial charge in [-0.3, -0.25) is 0 Å². The molecule has 0 saturated carbocycles. The summed E-state index contributed by atoms with van der Waals surface area (Å²) in [5.41, 5.74) is 7.12. The Labute approximate surface area is 114 Å². The number of H-pyrrole nitrogens is 1. The van der Waals surface area contributed by atoms with Crippen LogP contribution in [0.1, 0.15) is 31.6 Å². The number of aromatic nitrogens is 2. The maximum absolute atomic E-state index is 13.8. The van der Waals surface area contributed by atoms with Crippen molar-refractivity contribution in [3.63, 3.8) is 0 Å². The van der Waals surface area contributed by atoms with Gasteiger partial charge in [0.15, 0.2) is 0 Å². The van der Waals surface area contributed by atoms with Crippen molar-refractivity contribution in [3.8, 4) is 11.3 Å². The van der Waals surface area contributed by atoms with E-state index in [9.17, 15) is 4.39 Å². The fourth-order valence-corrected chi connectivity index (χ4v) is 2.15. The van der Waals surface area contributed by atoms with Crippen molar-refractivity contribution in [1.29, 1.82) is 0 Å². The summed E-state index contributed by atoms with van der Waals surface area (Å²) in [5, 5.41) is 0. The molecule has 18 heavy (non-hydrogen) atoms. The van der Waals surface area contributed by atoms with E-state index in [1.165, 1.54) is 6.07 Å². The molecule has 2 aromatic rings. The van der Waals surface area contributed by atoms with Crippen LogP contribution >= 0.6 is 15.9 Å². The molecule has 96 valence electrons. The Bertz CT molecular complexity index is 539. The Morgan fingerprint density at radius 2 is 2.28 bits per heavy atom. The molecular formula is C13H15BrFN3. The molecular weight excluding hydrogens is 297 g/mol. The van der Waals surface area contributed by atoms with E-state index in [0.717, 1.165) is 12.8 Å². The third-order valence-corrected chi connectivity index (χ3v) is 3.26. The van der Waals surface area contributed by atoms with Crippen LogP contribution < -0.4 is 5.73 Å². The summed E-state index contributed by atoms with van der Waals surface area (Å²) in [5.74, 6) is 0.415. The summed E-state index contributed by atoms with van der Waals surface area (Å²) in [4.78, 5) is 7.30. The fraction of sp³-hybridized carbons (Fsp3) is 0.308. The predicted octanol–water partition coefficient (Wildman–Crippen LogP) is 3.78. The quantitative estimate of drug-likeness (QED) is 0.903. The van der Waals surface area contributed by atoms with Crippen molar-refractivity contribution in [2.45, 2.75) is 25.8 Å². The lowest BCUT2D eigenvalue weighted by Gasteiger charge is -2.06. The first kappa shape index (κ1) is 13.2. The second kappa shape index (κ2) is 5.63. The first-order chi connectivity index (χ1) is 8.61. The number of imidazole rings is 1. The highest BCUT2D eigenvalue weighted by molar-refractivity contribution is 9.10. The normalized spacial score (nSPS) is 12.7. The standard InChI is InChI=1S/C13H15BrFN3/c1-2-3-11(16)13-17-7-12(18-13)9-5-4-8(14)6-10(9)15/h4-7,11H,2-3,16H2,1H3,(H,17,18). The Kier molecular flexibility index (Phi) is 4.14. The smallest absolute Gasteiger partial charge is 0.133 e. The average Bonchev–Trinajstić information content (AvgIpc) is 2.78. The molecule has 3 N–H and O–H groups in total. The third kappa shape index (κ3) is 2.79. The molecule has 0 aliphatic heterocycles. The number of aromatic amines is 1. The monoisotopic (exact) mass is 311 g/mol. The van der Waals surface area contributed by atoms with Crippen LogP contribution in [0.3, 0.4) is 0 Å². The van der Waals surface area contributed by atoms with E-state index in [1.54, 1.807) is 18.3 Å². The Hall–Kier alpha value is -1.20. The number of halogens is 2. The molecule has 1 unspecified atom stereocenters. The van der Waals surface area contributed by atoms with Gasteiger partial charge < -0.3 is 10.7 Å². The molecule has 0 aliphatic rings. The van der Waals surface area contributed by atoms with Gasteiger partial charge in [0.25, 0.3) is 0 Å². The van der Waals surface area contributed by atoms with Crippen LogP contribution in [0.2, 0.25) is 0 Å². The highest BCUT2D eigenvalue weighted by Gasteiger charge is 2.12. The summed E-state index contributed by atoms with van der Waals surface area (Å²) in [6.07, 6.45) is 3.47. The molecule has 0 saturated heterocycles. The van der Waals surface area contributed by atoms with Gasteiger partial charge in [0.05, 0.1) is 17.9 Å². The summed E-state index contributed by atoms with van der Waals surface area (Å²) >= 11 is 3.23. The molecule has 0 spiro atoms. The van der Waals surface area contributed by atoms with E-state index in [4.69, 9.17) is 5.73 Å². The minimum Gasteiger partial charge on any atom is -0.341 e. The van der Waals surface area contributed by atoms with Gasteiger partial charge in [0.1, 0.15) is 11.6 Å². The SMILES string of the molecule is CCCC(N)c1ncc(-c2ccc(Br)cc2F)[nH]1. The van der Waals surface area contributed by atoms with Gasteiger partial charge in [-0.2, -0.15) is 0 Å². The summed E-state index contributed by atoms with van der Waals surface area (Å²) in [6, 6.07) is 4.82. The van der Waals surface area contributed by atoms with Crippen molar-refractivity contribution in [3.05, 3.63) is 40.5 Å². The maximum atomic E-state index is 13.8. The highest BCUT2D eigenvalue weighted by Crippen LogP contribution is 2.25. The van der Waals surface area contributed by atoms with Crippen LogP contribution in [-0.4, -0.2) is 9.97 Å². The van der Waals surface area contributed by atoms with Gasteiger partial charge in [-0.15, -0.1) is 0 Å². The molecule has 1 atom stereocenters. The van der Waals surface area contributed by atoms with Crippen molar-refractivity contribution in [1.82, 2.24) is 9.97 Å². The van der Waals surface area contributed by atoms with Crippen LogP contribution in [0, 0.1) is 5.82 Å². The van der Waals surface area contributed by atoms with Crippen molar-refractivity contribution < 1.29 is 4.39 Å². The van der Waals surface area contributed by atoms with Crippen LogP contribution in [0.25, 0.3) is 11.3 Å². The van der Waals surface area contributed by atoms with Crippen LogP contribution in [0.5, 0.6) is 0 Å². The van der Waals surface area contributed by atoms with Gasteiger partial charge in [-0.25, -0.2) is 9.37 Å². The van der Waals surface area contributed by atoms with Gasteiger partial charge in [0, 0.05) is 10.0 Å². The number of hydrogen-bond acceptors (Lipinski definition) is 2. The van der Waals surface area contributed by atoms with E-state index in [2.05, 4.69) is 32.8 Å². The van der Waals surface area contributed by atoms with E-state index in [1.807, 2.05) is 0 Å². The number of nitrogens with two attached hydrogens (primary N) is 1. The molecule has 0 aliphatic carbocycles. The number of nitrogens with one attached hydrogen (secondary N) is 1. The van der Waals surface area contributed by atoms with E-state index >= 15 is 0 Å². The Balaban J connectivity index is 2.29. The highest BCUT2D eigenvalue weighted by atomic mass is 79.9. The van der Waals surface area contributed by atoms with Crippen LogP contribution in [0.4, 0.5) is 4.39 Å². The maximum Gasteiger partial charge on any atom is 0.133 e. The molecule has 0 amide bonds. The largest absolute Gasteiger partial charge is 0.341 e. The molecule has 1 heterocycles. The molecule has 0 bridgehead atoms. The zero-order valence-corrected chi connectivity index (χ0v) is 11.7.